The molecule has 1 N–H and O–H groups in total. The van der Waals surface area contributed by atoms with Gasteiger partial charge in [-0.05, 0) is 30.1 Å². The highest BCUT2D eigenvalue weighted by Gasteiger charge is 2.07. The Bertz CT molecular complexity index is 312. The van der Waals surface area contributed by atoms with E-state index >= 15 is 0 Å². The van der Waals surface area contributed by atoms with E-state index in [0.717, 1.165) is 12.8 Å². The van der Waals surface area contributed by atoms with E-state index in [9.17, 15) is 0 Å². The Hall–Kier alpha value is -1.32. The first-order valence-electron chi connectivity index (χ1n) is 6.07. The van der Waals surface area contributed by atoms with E-state index in [1.54, 1.807) is 14.2 Å². The van der Waals surface area contributed by atoms with E-state index in [4.69, 9.17) is 0 Å². The van der Waals surface area contributed by atoms with Gasteiger partial charge in [-0.15, -0.1) is 0 Å². The first kappa shape index (κ1) is 16.7. The van der Waals surface area contributed by atoms with Crippen molar-refractivity contribution in [2.75, 3.05) is 34.5 Å². The number of rotatable bonds is 6. The van der Waals surface area contributed by atoms with Crippen LogP contribution in [0.15, 0.2) is 48.2 Å². The van der Waals surface area contributed by atoms with Crippen LogP contribution in [-0.4, -0.2) is 34.5 Å². The van der Waals surface area contributed by atoms with E-state index in [-0.39, 0.29) is 0 Å². The fourth-order valence-corrected chi connectivity index (χ4v) is 1.54. The molecule has 1 aliphatic carbocycles. The van der Waals surface area contributed by atoms with Gasteiger partial charge in [0.25, 0.3) is 0 Å². The van der Waals surface area contributed by atoms with Gasteiger partial charge >= 0.3 is 0 Å². The van der Waals surface area contributed by atoms with Crippen molar-refractivity contribution in [2.45, 2.75) is 12.8 Å². The highest BCUT2D eigenvalue weighted by Crippen LogP contribution is 2.23. The second-order valence-electron chi connectivity index (χ2n) is 3.80. The number of allylic oxidation sites excluding steroid dienone is 5. The largest absolute Gasteiger partial charge is 0.388 e. The van der Waals surface area contributed by atoms with E-state index < -0.39 is 0 Å². The summed E-state index contributed by atoms with van der Waals surface area (Å²) in [5.41, 5.74) is 3.76. The van der Waals surface area contributed by atoms with Crippen molar-refractivity contribution in [1.29, 1.82) is 0 Å². The highest BCUT2D eigenvalue weighted by atomic mass is 16.5. The molecule has 18 heavy (non-hydrogen) atoms. The lowest BCUT2D eigenvalue weighted by Crippen LogP contribution is -2.10. The standard InChI is InChI=1S/C11H15N.C4H10O2/c1-4-9-6-7-10(5-2)11(8-9)12-3;1-5-3-4-6-2/h4-5,8,12H,1-2,6-7H2,3H3;3-4H2,1-2H3. The van der Waals surface area contributed by atoms with E-state index in [0.29, 0.717) is 13.2 Å². The molecule has 3 heteroatoms. The van der Waals surface area contributed by atoms with Crippen LogP contribution in [0.1, 0.15) is 12.8 Å². The van der Waals surface area contributed by atoms with Crippen LogP contribution in [0.5, 0.6) is 0 Å². The SMILES string of the molecule is C=CC1=CC(NC)=C(C=C)CC1.COCCOC. The maximum atomic E-state index is 4.66. The van der Waals surface area contributed by atoms with Crippen LogP contribution >= 0.6 is 0 Å². The van der Waals surface area contributed by atoms with Gasteiger partial charge in [-0.25, -0.2) is 0 Å². The Morgan fingerprint density at radius 3 is 2.17 bits per heavy atom. The predicted octanol–water partition coefficient (Wildman–Crippen LogP) is 2.83. The monoisotopic (exact) mass is 251 g/mol. The molecule has 0 radical (unpaired) electrons. The summed E-state index contributed by atoms with van der Waals surface area (Å²) in [7, 11) is 5.24. The average Bonchev–Trinajstić information content (AvgIpc) is 2.44. The molecule has 0 fully saturated rings. The Morgan fingerprint density at radius 1 is 1.17 bits per heavy atom. The molecular formula is C15H25NO2. The van der Waals surface area contributed by atoms with Gasteiger partial charge in [0, 0.05) is 27.0 Å². The summed E-state index contributed by atoms with van der Waals surface area (Å²) in [6, 6.07) is 0. The molecule has 0 aromatic carbocycles. The minimum Gasteiger partial charge on any atom is -0.388 e. The minimum atomic E-state index is 0.691. The van der Waals surface area contributed by atoms with Crippen molar-refractivity contribution in [1.82, 2.24) is 5.32 Å². The van der Waals surface area contributed by atoms with Crippen molar-refractivity contribution in [2.24, 2.45) is 0 Å². The third-order valence-corrected chi connectivity index (χ3v) is 2.63. The van der Waals surface area contributed by atoms with Crippen molar-refractivity contribution < 1.29 is 9.47 Å². The van der Waals surface area contributed by atoms with Gasteiger partial charge in [0.2, 0.25) is 0 Å². The zero-order chi connectivity index (χ0) is 13.8. The number of hydrogen-bond donors (Lipinski definition) is 1. The molecule has 0 unspecified atom stereocenters. The van der Waals surface area contributed by atoms with E-state index in [1.807, 2.05) is 19.2 Å². The van der Waals surface area contributed by atoms with Crippen LogP contribution in [0.3, 0.4) is 0 Å². The molecule has 0 aliphatic heterocycles. The Morgan fingerprint density at radius 2 is 1.78 bits per heavy atom. The van der Waals surface area contributed by atoms with Crippen molar-refractivity contribution in [3.63, 3.8) is 0 Å². The fourth-order valence-electron chi connectivity index (χ4n) is 1.54. The van der Waals surface area contributed by atoms with Crippen LogP contribution < -0.4 is 5.32 Å². The summed E-state index contributed by atoms with van der Waals surface area (Å²) in [5.74, 6) is 0. The lowest BCUT2D eigenvalue weighted by molar-refractivity contribution is 0.103. The molecule has 0 atom stereocenters. The molecule has 0 saturated carbocycles. The maximum Gasteiger partial charge on any atom is 0.0696 e. The lowest BCUT2D eigenvalue weighted by atomic mass is 9.96. The van der Waals surface area contributed by atoms with Crippen LogP contribution in [0.4, 0.5) is 0 Å². The molecule has 0 amide bonds. The molecule has 0 spiro atoms. The van der Waals surface area contributed by atoms with Crippen LogP contribution in [0.25, 0.3) is 0 Å². The van der Waals surface area contributed by atoms with Crippen LogP contribution in [0.2, 0.25) is 0 Å². The van der Waals surface area contributed by atoms with Crippen molar-refractivity contribution >= 4 is 0 Å². The first-order valence-corrected chi connectivity index (χ1v) is 6.07. The number of nitrogens with one attached hydrogen (secondary N) is 1. The molecule has 0 aromatic rings. The van der Waals surface area contributed by atoms with Gasteiger partial charge in [-0.1, -0.05) is 25.3 Å². The summed E-state index contributed by atoms with van der Waals surface area (Å²) in [4.78, 5) is 0. The number of likely N-dealkylation sites (N-methyl/N-ethyl adjacent to an activating group) is 1. The summed E-state index contributed by atoms with van der Waals surface area (Å²) in [5, 5.41) is 3.15. The Balaban J connectivity index is 0.000000411. The number of ether oxygens (including phenoxy) is 2. The lowest BCUT2D eigenvalue weighted by Gasteiger charge is -2.15. The zero-order valence-corrected chi connectivity index (χ0v) is 11.8. The molecule has 102 valence electrons. The zero-order valence-electron chi connectivity index (χ0n) is 11.8. The molecule has 0 heterocycles. The van der Waals surface area contributed by atoms with Gasteiger partial charge in [0.15, 0.2) is 0 Å². The quantitative estimate of drug-likeness (QED) is 0.736. The molecule has 0 bridgehead atoms. The van der Waals surface area contributed by atoms with Gasteiger partial charge in [-0.2, -0.15) is 0 Å². The normalized spacial score (nSPS) is 14.3. The average molecular weight is 251 g/mol. The summed E-state index contributed by atoms with van der Waals surface area (Å²) in [6.07, 6.45) is 8.11. The first-order chi connectivity index (χ1) is 8.73. The minimum absolute atomic E-state index is 0.691. The van der Waals surface area contributed by atoms with E-state index in [1.165, 1.54) is 16.8 Å². The van der Waals surface area contributed by atoms with Gasteiger partial charge in [-0.3, -0.25) is 0 Å². The smallest absolute Gasteiger partial charge is 0.0696 e. The molecular weight excluding hydrogens is 226 g/mol. The van der Waals surface area contributed by atoms with Gasteiger partial charge in [0.1, 0.15) is 0 Å². The van der Waals surface area contributed by atoms with E-state index in [2.05, 4.69) is 34.0 Å². The molecule has 3 nitrogen and oxygen atoms in total. The van der Waals surface area contributed by atoms with Crippen molar-refractivity contribution in [3.8, 4) is 0 Å². The summed E-state index contributed by atoms with van der Waals surface area (Å²) in [6.45, 7) is 8.92. The molecule has 1 aliphatic rings. The third-order valence-electron chi connectivity index (χ3n) is 2.63. The van der Waals surface area contributed by atoms with Crippen molar-refractivity contribution in [3.05, 3.63) is 48.2 Å². The van der Waals surface area contributed by atoms with Gasteiger partial charge in [0.05, 0.1) is 13.2 Å². The molecule has 0 aromatic heterocycles. The third kappa shape index (κ3) is 6.42. The Kier molecular flexibility index (Phi) is 10.0. The predicted molar refractivity (Wildman–Crippen MR) is 77.5 cm³/mol. The highest BCUT2D eigenvalue weighted by molar-refractivity contribution is 5.40. The molecule has 1 rings (SSSR count). The number of methoxy groups -OCH3 is 2. The second kappa shape index (κ2) is 10.8. The fraction of sp³-hybridized carbons (Fsp3) is 0.467. The Labute approximate surface area is 111 Å². The van der Waals surface area contributed by atoms with Gasteiger partial charge < -0.3 is 14.8 Å². The second-order valence-corrected chi connectivity index (χ2v) is 3.80. The summed E-state index contributed by atoms with van der Waals surface area (Å²) < 4.78 is 9.31. The van der Waals surface area contributed by atoms with Crippen LogP contribution in [-0.2, 0) is 9.47 Å². The molecule has 0 saturated heterocycles. The van der Waals surface area contributed by atoms with Crippen LogP contribution in [0, 0.1) is 0 Å². The summed E-state index contributed by atoms with van der Waals surface area (Å²) >= 11 is 0. The maximum absolute atomic E-state index is 4.66. The topological polar surface area (TPSA) is 30.5 Å². The number of hydrogen-bond acceptors (Lipinski definition) is 3.